The van der Waals surface area contributed by atoms with E-state index in [2.05, 4.69) is 86.7 Å². The molecule has 10 unspecified atom stereocenters. The minimum Gasteiger partial charge on any atom is -0.513 e. The van der Waals surface area contributed by atoms with E-state index in [1.807, 2.05) is 239 Å². The Balaban J connectivity index is 0.000000745. The zero-order chi connectivity index (χ0) is 94.7. The van der Waals surface area contributed by atoms with Gasteiger partial charge in [-0.15, -0.1) is 36.8 Å². The number of para-hydroxylation sites is 2. The van der Waals surface area contributed by atoms with Crippen molar-refractivity contribution < 1.29 is 140 Å². The van der Waals surface area contributed by atoms with Crippen molar-refractivity contribution in [2.75, 3.05) is 28.4 Å². The zero-order valence-corrected chi connectivity index (χ0v) is 94.0. The summed E-state index contributed by atoms with van der Waals surface area (Å²) in [7, 11) is 6.79. The number of aliphatic hydroxyl groups excluding tert-OH is 8. The van der Waals surface area contributed by atoms with Crippen LogP contribution in [-0.4, -0.2) is 138 Å². The van der Waals surface area contributed by atoms with Crippen molar-refractivity contribution in [1.29, 1.82) is 0 Å². The van der Waals surface area contributed by atoms with E-state index in [4.69, 9.17) is 38.9 Å². The minimum absolute atomic E-state index is 0. The molecule has 8 aromatic rings. The van der Waals surface area contributed by atoms with Crippen LogP contribution in [0, 0.1) is 79.5 Å². The average Bonchev–Trinajstić information content (AvgIpc) is 0.811. The summed E-state index contributed by atoms with van der Waals surface area (Å²) >= 11 is 0. The summed E-state index contributed by atoms with van der Waals surface area (Å²) in [5.41, 5.74) is 12.0. The van der Waals surface area contributed by atoms with Gasteiger partial charge in [0.15, 0.2) is 0 Å². The number of ether oxygens (including phenoxy) is 4. The molecular formula is C110H164Ir4N4O12-4. The summed E-state index contributed by atoms with van der Waals surface area (Å²) in [6.45, 7) is 51.9. The Labute approximate surface area is 838 Å². The van der Waals surface area contributed by atoms with Crippen LogP contribution < -0.4 is 18.9 Å². The third-order valence-electron chi connectivity index (χ3n) is 23.9. The van der Waals surface area contributed by atoms with E-state index >= 15 is 0 Å². The molecule has 0 saturated heterocycles. The Morgan fingerprint density at radius 3 is 0.862 bits per heavy atom. The van der Waals surface area contributed by atoms with Crippen molar-refractivity contribution >= 4 is 65.9 Å². The summed E-state index contributed by atoms with van der Waals surface area (Å²) in [5.74, 6) is 4.53. The smallest absolute Gasteiger partial charge is 0.119 e. The third-order valence-corrected chi connectivity index (χ3v) is 23.9. The van der Waals surface area contributed by atoms with Gasteiger partial charge in [0, 0.05) is 139 Å². The van der Waals surface area contributed by atoms with E-state index in [9.17, 15) is 40.9 Å². The van der Waals surface area contributed by atoms with Gasteiger partial charge in [-0.05, 0) is 115 Å². The van der Waals surface area contributed by atoms with Crippen LogP contribution >= 0.6 is 0 Å². The summed E-state index contributed by atoms with van der Waals surface area (Å²) in [5, 5.41) is 82.6. The van der Waals surface area contributed by atoms with Gasteiger partial charge < -0.3 is 79.7 Å². The second kappa shape index (κ2) is 56.0. The molecule has 0 saturated carbocycles. The second-order valence-corrected chi connectivity index (χ2v) is 43.5. The maximum atomic E-state index is 9.76. The van der Waals surface area contributed by atoms with Crippen LogP contribution in [0.4, 0.5) is 0 Å². The van der Waals surface area contributed by atoms with Crippen LogP contribution in [0.2, 0.25) is 0 Å². The average molecular weight is 2500 g/mol. The van der Waals surface area contributed by atoms with E-state index in [1.54, 1.807) is 28.4 Å². The largest absolute Gasteiger partial charge is 0.513 e. The Kier molecular flexibility index (Phi) is 53.0. The van der Waals surface area contributed by atoms with Crippen molar-refractivity contribution in [2.24, 2.45) is 55.2 Å². The van der Waals surface area contributed by atoms with Crippen molar-refractivity contribution in [3.05, 3.63) is 168 Å². The molecular weight excluding hydrogens is 2340 g/mol. The molecule has 16 nitrogen and oxygen atoms in total. The molecule has 10 atom stereocenters. The first-order valence-electron chi connectivity index (χ1n) is 46.2. The van der Waals surface area contributed by atoms with Crippen LogP contribution in [0.15, 0.2) is 121 Å². The fourth-order valence-corrected chi connectivity index (χ4v) is 13.8. The maximum Gasteiger partial charge on any atom is 0.119 e. The van der Waals surface area contributed by atoms with E-state index in [1.165, 1.54) is 73.7 Å². The number of aliphatic hydroxyl groups is 8. The SMILES string of the molecule is CC(C)(C)C(O)CC(O)C(C)(C)C.CC(C)(C)C(O)CC(O)C(C)(C)C.CC(C)(C)C(O)CC(O)C(C)(C)C.CC(C)(C)C(O)CC(O)C(C)(C)C.COc1cc2ccccc2nc1C1=[C-]C(C)CCC1.COc1cc2ccccc2nc1C1=[C-]CCCC1.COc1ccc2nc(C3=[C-]C(C)CCC3)ccc2c1.COc1ccc2nc(C3=[C-]CCCC3)ccc2c1.[Ir].[Ir].[Ir].[Ir]. The fourth-order valence-electron chi connectivity index (χ4n) is 13.8. The van der Waals surface area contributed by atoms with E-state index in [0.29, 0.717) is 37.5 Å². The molecule has 0 spiro atoms. The van der Waals surface area contributed by atoms with Crippen molar-refractivity contribution in [1.82, 2.24) is 19.9 Å². The van der Waals surface area contributed by atoms with Crippen molar-refractivity contribution in [2.45, 2.75) is 344 Å². The van der Waals surface area contributed by atoms with Gasteiger partial charge in [-0.3, -0.25) is 24.3 Å². The monoisotopic (exact) mass is 2510 g/mol. The fraction of sp³-hybridized carbons (Fsp3) is 0.600. The number of aromatic nitrogens is 4. The van der Waals surface area contributed by atoms with Gasteiger partial charge in [-0.1, -0.05) is 317 Å². The number of benzene rings is 4. The molecule has 130 heavy (non-hydrogen) atoms. The van der Waals surface area contributed by atoms with Crippen LogP contribution in [0.3, 0.4) is 0 Å². The quantitative estimate of drug-likeness (QED) is 0.0419. The van der Waals surface area contributed by atoms with Gasteiger partial charge in [0.05, 0.1) is 99.8 Å². The number of nitrogens with zero attached hydrogens (tertiary/aromatic N) is 4. The molecule has 0 amide bonds. The predicted molar refractivity (Wildman–Crippen MR) is 525 cm³/mol. The molecule has 4 aliphatic rings. The number of hydrogen-bond acceptors (Lipinski definition) is 16. The Morgan fingerprint density at radius 1 is 0.300 bits per heavy atom. The number of allylic oxidation sites excluding steroid dienone is 8. The Hall–Kier alpha value is -5.04. The van der Waals surface area contributed by atoms with Gasteiger partial charge in [0.1, 0.15) is 11.5 Å². The molecule has 4 aromatic carbocycles. The summed E-state index contributed by atoms with van der Waals surface area (Å²) in [4.78, 5) is 19.0. The van der Waals surface area contributed by atoms with Gasteiger partial charge in [0.25, 0.3) is 0 Å². The molecule has 736 valence electrons. The first-order valence-corrected chi connectivity index (χ1v) is 46.2. The molecule has 0 bridgehead atoms. The number of rotatable bonds is 16. The molecule has 12 rings (SSSR count). The van der Waals surface area contributed by atoms with E-state index < -0.39 is 48.8 Å². The van der Waals surface area contributed by atoms with Gasteiger partial charge in [-0.25, -0.2) is 0 Å². The van der Waals surface area contributed by atoms with Crippen molar-refractivity contribution in [3.63, 3.8) is 0 Å². The molecule has 0 aliphatic heterocycles. The predicted octanol–water partition coefficient (Wildman–Crippen LogP) is 25.3. The second-order valence-electron chi connectivity index (χ2n) is 43.5. The van der Waals surface area contributed by atoms with E-state index in [0.717, 1.165) is 128 Å². The van der Waals surface area contributed by atoms with Gasteiger partial charge in [-0.2, -0.15) is 22.3 Å². The van der Waals surface area contributed by atoms with Crippen LogP contribution in [0.25, 0.3) is 65.9 Å². The standard InChI is InChI=1S/2C17H18NO.2C16H16NO.4C11H24O2.4Ir/c1-12-6-5-8-14(10-12)17-16(19-2)11-13-7-3-4-9-15(13)18-17;1-12-4-3-5-13(10-12)16-8-6-14-11-15(19-2)7-9-17(14)18-16;1-18-15-11-13-9-5-6-10-14(13)17-16(15)12-7-3-2-4-8-12;1-18-14-8-10-16-13(11-14)7-9-15(17-16)12-5-3-2-4-6-12;4*1-10(2,3)8(12)7-9(13)11(4,5)6;;;;/h3-4,7,9,11-12H,5-6,8H2,1-2H3;6-9,11-12H,3-5H2,1-2H3;5-6,9-11H,2-4,7H2,1H3;7-11H,2-5H2,1H3;4*8-9,12-13H,7H2,1-6H3;;;;/q4*-1;;;;;;;;. The van der Waals surface area contributed by atoms with Gasteiger partial charge >= 0.3 is 0 Å². The summed E-state index contributed by atoms with van der Waals surface area (Å²) in [6, 6.07) is 40.9. The molecule has 4 aliphatic carbocycles. The number of methoxy groups -OCH3 is 4. The van der Waals surface area contributed by atoms with Gasteiger partial charge in [0.2, 0.25) is 0 Å². The first kappa shape index (κ1) is 123. The Bertz CT molecular complexity index is 4550. The number of fused-ring (bicyclic) bond motifs is 4. The maximum absolute atomic E-state index is 9.76. The Morgan fingerprint density at radius 2 is 0.569 bits per heavy atom. The number of pyridine rings is 4. The first-order chi connectivity index (χ1) is 58.5. The molecule has 20 heteroatoms. The summed E-state index contributed by atoms with van der Waals surface area (Å²) in [6.07, 6.45) is 28.6. The normalized spacial score (nSPS) is 17.3. The van der Waals surface area contributed by atoms with Crippen molar-refractivity contribution in [3.8, 4) is 23.0 Å². The number of hydrogen-bond donors (Lipinski definition) is 8. The van der Waals surface area contributed by atoms with E-state index in [-0.39, 0.29) is 124 Å². The molecule has 4 heterocycles. The van der Waals surface area contributed by atoms with Crippen LogP contribution in [0.1, 0.15) is 318 Å². The topological polar surface area (TPSA) is 250 Å². The minimum atomic E-state index is -0.443. The van der Waals surface area contributed by atoms with Crippen LogP contribution in [0.5, 0.6) is 23.0 Å². The van der Waals surface area contributed by atoms with Crippen LogP contribution in [-0.2, 0) is 80.4 Å². The molecule has 0 fully saturated rings. The molecule has 4 aromatic heterocycles. The zero-order valence-electron chi connectivity index (χ0n) is 84.4. The summed E-state index contributed by atoms with van der Waals surface area (Å²) < 4.78 is 21.5. The third kappa shape index (κ3) is 41.9. The molecule has 4 radical (unpaired) electrons. The molecule has 8 N–H and O–H groups in total.